The lowest BCUT2D eigenvalue weighted by molar-refractivity contribution is -0.149. The summed E-state index contributed by atoms with van der Waals surface area (Å²) in [5.41, 5.74) is 0. The first-order valence-electron chi connectivity index (χ1n) is 8.50. The summed E-state index contributed by atoms with van der Waals surface area (Å²) in [6.07, 6.45) is 2.04. The maximum Gasteiger partial charge on any atom is 0.260 e. The molecule has 0 spiro atoms. The molecule has 132 valence electrons. The van der Waals surface area contributed by atoms with E-state index in [9.17, 15) is 14.0 Å². The zero-order valence-corrected chi connectivity index (χ0v) is 14.3. The van der Waals surface area contributed by atoms with Crippen LogP contribution in [-0.2, 0) is 9.59 Å². The highest BCUT2D eigenvalue weighted by Gasteiger charge is 2.37. The first-order valence-corrected chi connectivity index (χ1v) is 8.50. The second-order valence-corrected chi connectivity index (χ2v) is 5.99. The van der Waals surface area contributed by atoms with Crippen LogP contribution in [0.2, 0.25) is 0 Å². The van der Waals surface area contributed by atoms with Gasteiger partial charge in [0.1, 0.15) is 0 Å². The average Bonchev–Trinajstić information content (AvgIpc) is 2.53. The monoisotopic (exact) mass is 336 g/mol. The van der Waals surface area contributed by atoms with Gasteiger partial charge in [0.25, 0.3) is 5.91 Å². The molecule has 2 rings (SSSR count). The van der Waals surface area contributed by atoms with Crippen LogP contribution in [0.5, 0.6) is 5.75 Å². The van der Waals surface area contributed by atoms with Crippen LogP contribution in [0.3, 0.4) is 0 Å². The molecule has 0 N–H and O–H groups in total. The first-order chi connectivity index (χ1) is 11.6. The Hall–Kier alpha value is -2.11. The Morgan fingerprint density at radius 1 is 1.29 bits per heavy atom. The number of unbranched alkanes of at least 4 members (excludes halogenated alkanes) is 1. The fourth-order valence-electron chi connectivity index (χ4n) is 2.66. The van der Waals surface area contributed by atoms with E-state index in [1.54, 1.807) is 17.0 Å². The number of benzene rings is 1. The molecule has 0 aliphatic carbocycles. The van der Waals surface area contributed by atoms with Crippen molar-refractivity contribution in [1.29, 1.82) is 0 Å². The molecule has 1 heterocycles. The molecule has 1 fully saturated rings. The van der Waals surface area contributed by atoms with Gasteiger partial charge in [0, 0.05) is 26.2 Å². The topological polar surface area (TPSA) is 49.9 Å². The average molecular weight is 336 g/mol. The number of likely N-dealkylation sites (tertiary alicyclic amines) is 1. The number of halogens is 1. The van der Waals surface area contributed by atoms with Crippen LogP contribution in [0.1, 0.15) is 26.7 Å². The number of hydrogen-bond acceptors (Lipinski definition) is 3. The van der Waals surface area contributed by atoms with E-state index in [-0.39, 0.29) is 30.1 Å². The predicted molar refractivity (Wildman–Crippen MR) is 89.1 cm³/mol. The number of para-hydroxylation sites is 1. The molecular formula is C18H25FN2O3. The molecule has 0 bridgehead atoms. The molecule has 1 aromatic rings. The van der Waals surface area contributed by atoms with Gasteiger partial charge in [0.15, 0.2) is 18.2 Å². The lowest BCUT2D eigenvalue weighted by Crippen LogP contribution is -2.57. The Morgan fingerprint density at radius 3 is 2.62 bits per heavy atom. The third-order valence-corrected chi connectivity index (χ3v) is 4.25. The second kappa shape index (κ2) is 8.66. The molecule has 1 aliphatic rings. The highest BCUT2D eigenvalue weighted by molar-refractivity contribution is 5.85. The fourth-order valence-corrected chi connectivity index (χ4v) is 2.66. The molecule has 1 aliphatic heterocycles. The summed E-state index contributed by atoms with van der Waals surface area (Å²) in [6.45, 7) is 6.15. The summed E-state index contributed by atoms with van der Waals surface area (Å²) >= 11 is 0. The number of amides is 2. The van der Waals surface area contributed by atoms with Crippen molar-refractivity contribution in [1.82, 2.24) is 9.80 Å². The standard InChI is InChI=1S/C18H25FN2O3/c1-3-5-10-20(4-2)18(23)14-11-21(12-14)17(22)13-24-16-9-7-6-8-15(16)19/h6-9,14H,3-5,10-13H2,1-2H3. The van der Waals surface area contributed by atoms with Crippen molar-refractivity contribution in [2.45, 2.75) is 26.7 Å². The smallest absolute Gasteiger partial charge is 0.260 e. The molecule has 1 aromatic carbocycles. The minimum atomic E-state index is -0.489. The minimum Gasteiger partial charge on any atom is -0.481 e. The van der Waals surface area contributed by atoms with Gasteiger partial charge in [-0.2, -0.15) is 0 Å². The summed E-state index contributed by atoms with van der Waals surface area (Å²) in [7, 11) is 0. The van der Waals surface area contributed by atoms with Crippen molar-refractivity contribution in [3.05, 3.63) is 30.1 Å². The Balaban J connectivity index is 1.76. The Morgan fingerprint density at radius 2 is 2.00 bits per heavy atom. The maximum atomic E-state index is 13.4. The summed E-state index contributed by atoms with van der Waals surface area (Å²) in [5, 5.41) is 0. The van der Waals surface area contributed by atoms with Gasteiger partial charge in [-0.3, -0.25) is 9.59 Å². The number of carbonyl (C=O) groups excluding carboxylic acids is 2. The molecule has 5 nitrogen and oxygen atoms in total. The van der Waals surface area contributed by atoms with Crippen LogP contribution < -0.4 is 4.74 Å². The number of nitrogens with zero attached hydrogens (tertiary/aromatic N) is 2. The molecule has 24 heavy (non-hydrogen) atoms. The van der Waals surface area contributed by atoms with E-state index in [1.807, 2.05) is 11.8 Å². The van der Waals surface area contributed by atoms with E-state index in [4.69, 9.17) is 4.74 Å². The molecule has 0 aromatic heterocycles. The van der Waals surface area contributed by atoms with Crippen molar-refractivity contribution < 1.29 is 18.7 Å². The molecular weight excluding hydrogens is 311 g/mol. The summed E-state index contributed by atoms with van der Waals surface area (Å²) in [5.74, 6) is -0.657. The molecule has 0 unspecified atom stereocenters. The molecule has 6 heteroatoms. The van der Waals surface area contributed by atoms with Crippen LogP contribution >= 0.6 is 0 Å². The lowest BCUT2D eigenvalue weighted by Gasteiger charge is -2.40. The van der Waals surface area contributed by atoms with Gasteiger partial charge in [-0.05, 0) is 25.5 Å². The number of carbonyl (C=O) groups is 2. The van der Waals surface area contributed by atoms with Gasteiger partial charge in [0.05, 0.1) is 5.92 Å². The van der Waals surface area contributed by atoms with E-state index in [0.717, 1.165) is 19.4 Å². The second-order valence-electron chi connectivity index (χ2n) is 5.99. The van der Waals surface area contributed by atoms with Crippen molar-refractivity contribution in [3.63, 3.8) is 0 Å². The molecule has 1 saturated heterocycles. The summed E-state index contributed by atoms with van der Waals surface area (Å²) in [4.78, 5) is 27.8. The van der Waals surface area contributed by atoms with Gasteiger partial charge >= 0.3 is 0 Å². The van der Waals surface area contributed by atoms with Crippen LogP contribution in [-0.4, -0.2) is 54.4 Å². The molecule has 0 saturated carbocycles. The maximum absolute atomic E-state index is 13.4. The van der Waals surface area contributed by atoms with Crippen molar-refractivity contribution in [2.75, 3.05) is 32.8 Å². The fraction of sp³-hybridized carbons (Fsp3) is 0.556. The van der Waals surface area contributed by atoms with Crippen molar-refractivity contribution in [2.24, 2.45) is 5.92 Å². The van der Waals surface area contributed by atoms with Crippen LogP contribution in [0.15, 0.2) is 24.3 Å². The number of hydrogen-bond donors (Lipinski definition) is 0. The van der Waals surface area contributed by atoms with Gasteiger partial charge in [-0.1, -0.05) is 25.5 Å². The van der Waals surface area contributed by atoms with Gasteiger partial charge in [-0.15, -0.1) is 0 Å². The zero-order valence-electron chi connectivity index (χ0n) is 14.3. The number of rotatable bonds is 8. The first kappa shape index (κ1) is 18.2. The zero-order chi connectivity index (χ0) is 17.5. The highest BCUT2D eigenvalue weighted by atomic mass is 19.1. The van der Waals surface area contributed by atoms with Gasteiger partial charge < -0.3 is 14.5 Å². The highest BCUT2D eigenvalue weighted by Crippen LogP contribution is 2.20. The van der Waals surface area contributed by atoms with E-state index in [1.165, 1.54) is 12.1 Å². The summed E-state index contributed by atoms with van der Waals surface area (Å²) < 4.78 is 18.6. The van der Waals surface area contributed by atoms with Gasteiger partial charge in [-0.25, -0.2) is 4.39 Å². The van der Waals surface area contributed by atoms with Crippen molar-refractivity contribution in [3.8, 4) is 5.75 Å². The molecule has 0 atom stereocenters. The van der Waals surface area contributed by atoms with E-state index >= 15 is 0 Å². The molecule has 2 amide bonds. The molecule has 0 radical (unpaired) electrons. The minimum absolute atomic E-state index is 0.0655. The van der Waals surface area contributed by atoms with E-state index in [0.29, 0.717) is 19.6 Å². The van der Waals surface area contributed by atoms with E-state index in [2.05, 4.69) is 6.92 Å². The SMILES string of the molecule is CCCCN(CC)C(=O)C1CN(C(=O)COc2ccccc2F)C1. The largest absolute Gasteiger partial charge is 0.481 e. The van der Waals surface area contributed by atoms with Crippen LogP contribution in [0, 0.1) is 11.7 Å². The lowest BCUT2D eigenvalue weighted by atomic mass is 9.98. The number of ether oxygens (including phenoxy) is 1. The quantitative estimate of drug-likeness (QED) is 0.732. The Labute approximate surface area is 142 Å². The van der Waals surface area contributed by atoms with Crippen LogP contribution in [0.25, 0.3) is 0 Å². The van der Waals surface area contributed by atoms with Gasteiger partial charge in [0.2, 0.25) is 5.91 Å². The Kier molecular flexibility index (Phi) is 6.58. The third-order valence-electron chi connectivity index (χ3n) is 4.25. The summed E-state index contributed by atoms with van der Waals surface area (Å²) in [6, 6.07) is 5.98. The predicted octanol–water partition coefficient (Wildman–Crippen LogP) is 2.31. The van der Waals surface area contributed by atoms with Crippen LogP contribution in [0.4, 0.5) is 4.39 Å². The normalized spacial score (nSPS) is 14.2. The van der Waals surface area contributed by atoms with Crippen molar-refractivity contribution >= 4 is 11.8 Å². The third kappa shape index (κ3) is 4.46. The van der Waals surface area contributed by atoms with E-state index < -0.39 is 5.82 Å². The Bertz CT molecular complexity index is 573.